The fourth-order valence-corrected chi connectivity index (χ4v) is 3.73. The van der Waals surface area contributed by atoms with Gasteiger partial charge in [-0.1, -0.05) is 90.4 Å². The molecule has 1 rings (SSSR count). The van der Waals surface area contributed by atoms with Crippen LogP contribution in [0, 0.1) is 0 Å². The molecule has 1 heterocycles. The first kappa shape index (κ1) is 25.2. The highest BCUT2D eigenvalue weighted by molar-refractivity contribution is 4.67. The zero-order valence-corrected chi connectivity index (χ0v) is 18.3. The summed E-state index contributed by atoms with van der Waals surface area (Å²) in [5.74, 6) is 0. The van der Waals surface area contributed by atoms with Gasteiger partial charge in [0.15, 0.2) is 0 Å². The first-order chi connectivity index (χ1) is 11.6. The lowest BCUT2D eigenvalue weighted by Crippen LogP contribution is -3.00. The summed E-state index contributed by atoms with van der Waals surface area (Å²) in [7, 11) is 4.71. The molecule has 3 heteroatoms. The van der Waals surface area contributed by atoms with E-state index >= 15 is 0 Å². The summed E-state index contributed by atoms with van der Waals surface area (Å²) in [5.41, 5.74) is 0. The number of quaternary nitrogens is 1. The number of nitrogens with zero attached hydrogens (tertiary/aromatic N) is 1. The van der Waals surface area contributed by atoms with E-state index in [1.165, 1.54) is 109 Å². The maximum Gasteiger partial charge on any atom is 0.130 e. The third-order valence-electron chi connectivity index (χ3n) is 5.47. The van der Waals surface area contributed by atoms with Crippen LogP contribution < -0.4 is 12.4 Å². The van der Waals surface area contributed by atoms with Gasteiger partial charge in [-0.25, -0.2) is 0 Å². The van der Waals surface area contributed by atoms with Crippen molar-refractivity contribution < 1.29 is 21.6 Å². The Hall–Kier alpha value is 0.210. The van der Waals surface area contributed by atoms with Gasteiger partial charge in [-0.3, -0.25) is 0 Å². The van der Waals surface area contributed by atoms with Gasteiger partial charge in [-0.15, -0.1) is 0 Å². The largest absolute Gasteiger partial charge is 1.00 e. The number of hydrogen-bond donors (Lipinski definition) is 0. The van der Waals surface area contributed by atoms with Gasteiger partial charge in [0.05, 0.1) is 27.2 Å². The van der Waals surface area contributed by atoms with Crippen LogP contribution in [0.25, 0.3) is 0 Å². The lowest BCUT2D eigenvalue weighted by molar-refractivity contribution is -0.891. The van der Waals surface area contributed by atoms with Crippen molar-refractivity contribution in [3.63, 3.8) is 0 Å². The molecule has 0 aromatic heterocycles. The van der Waals surface area contributed by atoms with Crippen molar-refractivity contribution in [1.29, 1.82) is 0 Å². The highest BCUT2D eigenvalue weighted by Gasteiger charge is 2.30. The minimum atomic E-state index is 0. The van der Waals surface area contributed by atoms with Gasteiger partial charge < -0.3 is 21.6 Å². The summed E-state index contributed by atoms with van der Waals surface area (Å²) in [5, 5.41) is 0. The standard InChI is InChI=1S/C22H46NO.ClH/c1-4-5-6-7-8-9-10-11-12-13-14-15-16-17-18-19-23(2,3)20-22-21-24-22;/h22H,4-21H2,1-3H3;1H/q+1;/p-1. The van der Waals surface area contributed by atoms with E-state index < -0.39 is 0 Å². The number of halogens is 1. The number of unbranched alkanes of at least 4 members (excludes halogenated alkanes) is 14. The molecule has 2 nitrogen and oxygen atoms in total. The van der Waals surface area contributed by atoms with Crippen molar-refractivity contribution in [2.75, 3.05) is 33.8 Å². The summed E-state index contributed by atoms with van der Waals surface area (Å²) in [4.78, 5) is 0. The molecule has 0 spiro atoms. The van der Waals surface area contributed by atoms with Crippen LogP contribution in [0.5, 0.6) is 0 Å². The van der Waals surface area contributed by atoms with Crippen LogP contribution in [0.15, 0.2) is 0 Å². The molecule has 1 atom stereocenters. The molecule has 1 aliphatic heterocycles. The van der Waals surface area contributed by atoms with E-state index in [4.69, 9.17) is 4.74 Å². The van der Waals surface area contributed by atoms with E-state index in [2.05, 4.69) is 21.0 Å². The Morgan fingerprint density at radius 2 is 1.04 bits per heavy atom. The number of epoxide rings is 1. The Balaban J connectivity index is 0.00000576. The highest BCUT2D eigenvalue weighted by atomic mass is 35.5. The van der Waals surface area contributed by atoms with Crippen LogP contribution in [0.1, 0.15) is 103 Å². The molecule has 0 radical (unpaired) electrons. The van der Waals surface area contributed by atoms with Crippen molar-refractivity contribution in [3.8, 4) is 0 Å². The van der Waals surface area contributed by atoms with Gasteiger partial charge in [0, 0.05) is 0 Å². The van der Waals surface area contributed by atoms with Gasteiger partial charge >= 0.3 is 0 Å². The number of likely N-dealkylation sites (N-methyl/N-ethyl adjacent to an activating group) is 1. The normalized spacial score (nSPS) is 16.7. The van der Waals surface area contributed by atoms with E-state index in [9.17, 15) is 0 Å². The monoisotopic (exact) mass is 375 g/mol. The first-order valence-corrected chi connectivity index (χ1v) is 11.1. The van der Waals surface area contributed by atoms with E-state index in [-0.39, 0.29) is 12.4 Å². The lowest BCUT2D eigenvalue weighted by Gasteiger charge is -2.29. The predicted molar refractivity (Wildman–Crippen MR) is 107 cm³/mol. The summed E-state index contributed by atoms with van der Waals surface area (Å²) in [6.45, 7) is 5.82. The van der Waals surface area contributed by atoms with Crippen LogP contribution in [-0.4, -0.2) is 44.4 Å². The molecule has 1 aliphatic rings. The van der Waals surface area contributed by atoms with E-state index in [0.717, 1.165) is 11.1 Å². The van der Waals surface area contributed by atoms with Crippen LogP contribution >= 0.6 is 0 Å². The van der Waals surface area contributed by atoms with Crippen molar-refractivity contribution >= 4 is 0 Å². The van der Waals surface area contributed by atoms with Crippen LogP contribution in [0.4, 0.5) is 0 Å². The fraction of sp³-hybridized carbons (Fsp3) is 1.00. The molecule has 1 unspecified atom stereocenters. The second kappa shape index (κ2) is 16.4. The molecule has 0 bridgehead atoms. The molecule has 152 valence electrons. The van der Waals surface area contributed by atoms with Crippen LogP contribution in [0.2, 0.25) is 0 Å². The van der Waals surface area contributed by atoms with Gasteiger partial charge in [-0.05, 0) is 12.8 Å². The molecule has 1 saturated heterocycles. The zero-order valence-electron chi connectivity index (χ0n) is 17.5. The van der Waals surface area contributed by atoms with Crippen molar-refractivity contribution in [1.82, 2.24) is 0 Å². The number of ether oxygens (including phenoxy) is 1. The fourth-order valence-electron chi connectivity index (χ4n) is 3.73. The van der Waals surface area contributed by atoms with E-state index in [1.807, 2.05) is 0 Å². The second-order valence-electron chi connectivity index (χ2n) is 8.75. The summed E-state index contributed by atoms with van der Waals surface area (Å²) >= 11 is 0. The smallest absolute Gasteiger partial charge is 0.130 e. The molecule has 0 N–H and O–H groups in total. The third kappa shape index (κ3) is 17.4. The van der Waals surface area contributed by atoms with Gasteiger partial charge in [0.1, 0.15) is 12.6 Å². The van der Waals surface area contributed by atoms with Gasteiger partial charge in [0.25, 0.3) is 0 Å². The molecule has 1 fully saturated rings. The number of hydrogen-bond acceptors (Lipinski definition) is 1. The highest BCUT2D eigenvalue weighted by Crippen LogP contribution is 2.16. The van der Waals surface area contributed by atoms with Crippen molar-refractivity contribution in [2.24, 2.45) is 0 Å². The van der Waals surface area contributed by atoms with E-state index in [0.29, 0.717) is 6.10 Å². The van der Waals surface area contributed by atoms with E-state index in [1.54, 1.807) is 0 Å². The molecule has 25 heavy (non-hydrogen) atoms. The SMILES string of the molecule is CCCCCCCCCCCCCCCCC[N+](C)(C)CC1CO1.[Cl-]. The van der Waals surface area contributed by atoms with Crippen LogP contribution in [0.3, 0.4) is 0 Å². The first-order valence-electron chi connectivity index (χ1n) is 11.1. The van der Waals surface area contributed by atoms with Gasteiger partial charge in [-0.2, -0.15) is 0 Å². The predicted octanol–water partition coefficient (Wildman–Crippen LogP) is 3.34. The number of rotatable bonds is 18. The quantitative estimate of drug-likeness (QED) is 0.203. The topological polar surface area (TPSA) is 12.5 Å². The molecule has 0 aromatic carbocycles. The summed E-state index contributed by atoms with van der Waals surface area (Å²) < 4.78 is 6.50. The molecule has 0 amide bonds. The zero-order chi connectivity index (χ0) is 17.5. The maximum atomic E-state index is 5.36. The molecule has 0 aliphatic carbocycles. The van der Waals surface area contributed by atoms with Gasteiger partial charge in [0.2, 0.25) is 0 Å². The molecular weight excluding hydrogens is 330 g/mol. The summed E-state index contributed by atoms with van der Waals surface area (Å²) in [6.07, 6.45) is 22.3. The molecule has 0 aromatic rings. The average molecular weight is 376 g/mol. The third-order valence-corrected chi connectivity index (χ3v) is 5.47. The Bertz CT molecular complexity index is 279. The molecule has 0 saturated carbocycles. The van der Waals surface area contributed by atoms with Crippen molar-refractivity contribution in [2.45, 2.75) is 109 Å². The van der Waals surface area contributed by atoms with Crippen molar-refractivity contribution in [3.05, 3.63) is 0 Å². The Kier molecular flexibility index (Phi) is 16.5. The Morgan fingerprint density at radius 3 is 1.40 bits per heavy atom. The van der Waals surface area contributed by atoms with Crippen LogP contribution in [-0.2, 0) is 4.74 Å². The summed E-state index contributed by atoms with van der Waals surface area (Å²) in [6, 6.07) is 0. The lowest BCUT2D eigenvalue weighted by atomic mass is 10.0. The maximum absolute atomic E-state index is 5.36. The minimum Gasteiger partial charge on any atom is -1.00 e. The second-order valence-corrected chi connectivity index (χ2v) is 8.75. The Morgan fingerprint density at radius 1 is 0.680 bits per heavy atom. The average Bonchev–Trinajstić information content (AvgIpc) is 3.34. The Labute approximate surface area is 165 Å². The molecular formula is C22H46ClNO. The minimum absolute atomic E-state index is 0.